The van der Waals surface area contributed by atoms with Gasteiger partial charge in [-0.05, 0) is 38.0 Å². The van der Waals surface area contributed by atoms with E-state index in [4.69, 9.17) is 9.72 Å². The molecule has 1 N–H and O–H groups in total. The fourth-order valence-corrected chi connectivity index (χ4v) is 5.30. The molecule has 1 aromatic heterocycles. The molecule has 3 fully saturated rings. The Kier molecular flexibility index (Phi) is 5.58. The number of nitrogens with one attached hydrogen (secondary N) is 1. The summed E-state index contributed by atoms with van der Waals surface area (Å²) in [4.78, 5) is 49.8. The summed E-state index contributed by atoms with van der Waals surface area (Å²) in [6.07, 6.45) is 4.84. The van der Waals surface area contributed by atoms with Gasteiger partial charge in [-0.3, -0.25) is 14.4 Å². The number of aromatic nitrogens is 2. The van der Waals surface area contributed by atoms with Crippen LogP contribution in [0.1, 0.15) is 62.0 Å². The summed E-state index contributed by atoms with van der Waals surface area (Å²) in [5, 5.41) is 0. The van der Waals surface area contributed by atoms with Gasteiger partial charge in [0.05, 0.1) is 17.8 Å². The van der Waals surface area contributed by atoms with Gasteiger partial charge in [0, 0.05) is 57.0 Å². The van der Waals surface area contributed by atoms with Crippen LogP contribution in [0.4, 0.5) is 0 Å². The number of nitrogens with zero attached hydrogens (tertiary/aromatic N) is 3. The molecule has 2 saturated heterocycles. The minimum atomic E-state index is -0.116. The van der Waals surface area contributed by atoms with E-state index in [1.54, 1.807) is 0 Å². The second-order valence-corrected chi connectivity index (χ2v) is 9.69. The molecule has 8 heteroatoms. The highest BCUT2D eigenvalue weighted by atomic mass is 16.5. The highest BCUT2D eigenvalue weighted by Crippen LogP contribution is 2.40. The average molecular weight is 429 g/mol. The Morgan fingerprint density at radius 3 is 2.42 bits per heavy atom. The Bertz CT molecular complexity index is 915. The van der Waals surface area contributed by atoms with Crippen molar-refractivity contribution in [2.24, 2.45) is 17.8 Å². The lowest BCUT2D eigenvalue weighted by molar-refractivity contribution is -0.139. The Morgan fingerprint density at radius 1 is 1.03 bits per heavy atom. The maximum atomic E-state index is 12.9. The minimum absolute atomic E-state index is 0.00753. The third kappa shape index (κ3) is 4.14. The Morgan fingerprint density at radius 2 is 1.74 bits per heavy atom. The summed E-state index contributed by atoms with van der Waals surface area (Å²) in [5.74, 6) is 2.13. The van der Waals surface area contributed by atoms with Gasteiger partial charge >= 0.3 is 0 Å². The van der Waals surface area contributed by atoms with Crippen molar-refractivity contribution in [1.29, 1.82) is 0 Å². The molecule has 0 unspecified atom stereocenters. The number of hydrogen-bond acceptors (Lipinski definition) is 5. The van der Waals surface area contributed by atoms with E-state index in [2.05, 4.69) is 11.9 Å². The van der Waals surface area contributed by atoms with Gasteiger partial charge in [0.25, 0.3) is 5.56 Å². The van der Waals surface area contributed by atoms with E-state index < -0.39 is 0 Å². The number of carbonyl (C=O) groups is 2. The normalized spacial score (nSPS) is 27.1. The quantitative estimate of drug-likeness (QED) is 0.786. The summed E-state index contributed by atoms with van der Waals surface area (Å²) >= 11 is 0. The number of aromatic amines is 1. The molecule has 0 aromatic carbocycles. The van der Waals surface area contributed by atoms with Gasteiger partial charge in [0.1, 0.15) is 5.82 Å². The Hall–Kier alpha value is -2.22. The molecular formula is C23H32N4O4. The third-order valence-electron chi connectivity index (χ3n) is 7.59. The van der Waals surface area contributed by atoms with Crippen LogP contribution >= 0.6 is 0 Å². The molecule has 2 atom stereocenters. The molecule has 4 heterocycles. The van der Waals surface area contributed by atoms with Gasteiger partial charge in [-0.2, -0.15) is 0 Å². The monoisotopic (exact) mass is 428 g/mol. The van der Waals surface area contributed by atoms with Crippen molar-refractivity contribution in [3.8, 4) is 0 Å². The van der Waals surface area contributed by atoms with Gasteiger partial charge in [0.2, 0.25) is 11.8 Å². The molecule has 5 rings (SSSR count). The zero-order chi connectivity index (χ0) is 21.5. The molecule has 1 saturated carbocycles. The first kappa shape index (κ1) is 20.7. The second-order valence-electron chi connectivity index (χ2n) is 9.69. The summed E-state index contributed by atoms with van der Waals surface area (Å²) < 4.78 is 5.36. The zero-order valence-electron chi connectivity index (χ0n) is 18.3. The molecule has 3 aliphatic heterocycles. The van der Waals surface area contributed by atoms with Crippen molar-refractivity contribution in [1.82, 2.24) is 19.8 Å². The van der Waals surface area contributed by atoms with Gasteiger partial charge in [0.15, 0.2) is 0 Å². The first-order valence-corrected chi connectivity index (χ1v) is 11.8. The van der Waals surface area contributed by atoms with E-state index >= 15 is 0 Å². The highest BCUT2D eigenvalue weighted by molar-refractivity contribution is 5.81. The van der Waals surface area contributed by atoms with Crippen LogP contribution in [0.5, 0.6) is 0 Å². The van der Waals surface area contributed by atoms with E-state index in [1.165, 1.54) is 0 Å². The molecule has 0 spiro atoms. The van der Waals surface area contributed by atoms with Crippen molar-refractivity contribution in [3.63, 3.8) is 0 Å². The standard InChI is InChI=1S/C23H32N4O4/c1-14-12-17(14)23(30)26-7-2-15(3-8-26)20-24-19-4-9-27(13-18(19)21(28)25-20)22(29)16-5-10-31-11-6-16/h14-17H,2-13H2,1H3,(H,24,25,28)/t14-,17-/m0/s1. The lowest BCUT2D eigenvalue weighted by Gasteiger charge is -2.34. The number of ether oxygens (including phenoxy) is 1. The molecule has 1 aromatic rings. The molecular weight excluding hydrogens is 396 g/mol. The van der Waals surface area contributed by atoms with Crippen LogP contribution < -0.4 is 5.56 Å². The molecule has 0 radical (unpaired) electrons. The number of amides is 2. The second kappa shape index (κ2) is 8.37. The molecule has 0 bridgehead atoms. The predicted molar refractivity (Wildman–Crippen MR) is 113 cm³/mol. The number of H-pyrrole nitrogens is 1. The molecule has 31 heavy (non-hydrogen) atoms. The van der Waals surface area contributed by atoms with Crippen molar-refractivity contribution in [3.05, 3.63) is 27.4 Å². The summed E-state index contributed by atoms with van der Waals surface area (Å²) in [6.45, 7) is 5.84. The Balaban J connectivity index is 1.23. The summed E-state index contributed by atoms with van der Waals surface area (Å²) in [5.41, 5.74) is 1.35. The van der Waals surface area contributed by atoms with Crippen LogP contribution in [-0.4, -0.2) is 64.4 Å². The summed E-state index contributed by atoms with van der Waals surface area (Å²) in [6, 6.07) is 0. The first-order chi connectivity index (χ1) is 15.0. The topological polar surface area (TPSA) is 95.6 Å². The average Bonchev–Trinajstić information content (AvgIpc) is 3.55. The molecule has 4 aliphatic rings. The van der Waals surface area contributed by atoms with Crippen LogP contribution in [0.2, 0.25) is 0 Å². The maximum absolute atomic E-state index is 12.9. The van der Waals surface area contributed by atoms with E-state index in [0.29, 0.717) is 50.1 Å². The number of rotatable bonds is 3. The Labute approximate surface area is 182 Å². The van der Waals surface area contributed by atoms with Gasteiger partial charge in [-0.25, -0.2) is 4.98 Å². The number of fused-ring (bicyclic) bond motifs is 1. The van der Waals surface area contributed by atoms with Gasteiger partial charge in [-0.15, -0.1) is 0 Å². The highest BCUT2D eigenvalue weighted by Gasteiger charge is 2.42. The maximum Gasteiger partial charge on any atom is 0.256 e. The predicted octanol–water partition coefficient (Wildman–Crippen LogP) is 1.44. The number of likely N-dealkylation sites (tertiary alicyclic amines) is 1. The molecule has 1 aliphatic carbocycles. The molecule has 2 amide bonds. The van der Waals surface area contributed by atoms with E-state index in [0.717, 1.165) is 56.7 Å². The number of carbonyl (C=O) groups excluding carboxylic acids is 2. The fourth-order valence-electron chi connectivity index (χ4n) is 5.30. The zero-order valence-corrected chi connectivity index (χ0v) is 18.3. The van der Waals surface area contributed by atoms with Gasteiger partial charge in [-0.1, -0.05) is 6.92 Å². The minimum Gasteiger partial charge on any atom is -0.381 e. The lowest BCUT2D eigenvalue weighted by atomic mass is 9.94. The molecule has 168 valence electrons. The largest absolute Gasteiger partial charge is 0.381 e. The van der Waals surface area contributed by atoms with Crippen LogP contribution in [0.15, 0.2) is 4.79 Å². The lowest BCUT2D eigenvalue weighted by Crippen LogP contribution is -2.44. The van der Waals surface area contributed by atoms with E-state index in [-0.39, 0.29) is 29.2 Å². The summed E-state index contributed by atoms with van der Waals surface area (Å²) in [7, 11) is 0. The number of piperidine rings is 1. The van der Waals surface area contributed by atoms with Crippen molar-refractivity contribution in [2.75, 3.05) is 32.8 Å². The van der Waals surface area contributed by atoms with Crippen molar-refractivity contribution in [2.45, 2.75) is 57.9 Å². The third-order valence-corrected chi connectivity index (χ3v) is 7.59. The van der Waals surface area contributed by atoms with Crippen molar-refractivity contribution < 1.29 is 14.3 Å². The molecule has 8 nitrogen and oxygen atoms in total. The van der Waals surface area contributed by atoms with Crippen LogP contribution in [0, 0.1) is 17.8 Å². The van der Waals surface area contributed by atoms with Crippen LogP contribution in [-0.2, 0) is 27.3 Å². The number of hydrogen-bond donors (Lipinski definition) is 1. The van der Waals surface area contributed by atoms with Crippen molar-refractivity contribution >= 4 is 11.8 Å². The first-order valence-electron chi connectivity index (χ1n) is 11.8. The van der Waals surface area contributed by atoms with Crippen LogP contribution in [0.25, 0.3) is 0 Å². The van der Waals surface area contributed by atoms with E-state index in [1.807, 2.05) is 9.80 Å². The van der Waals surface area contributed by atoms with Crippen LogP contribution in [0.3, 0.4) is 0 Å². The smallest absolute Gasteiger partial charge is 0.256 e. The van der Waals surface area contributed by atoms with E-state index in [9.17, 15) is 14.4 Å². The SMILES string of the molecule is C[C@H]1C[C@@H]1C(=O)N1CCC(c2nc3c(c(=O)[nH]2)CN(C(=O)C2CCOCC2)CC3)CC1. The fraction of sp³-hybridized carbons (Fsp3) is 0.739. The van der Waals surface area contributed by atoms with Gasteiger partial charge < -0.3 is 19.5 Å².